The summed E-state index contributed by atoms with van der Waals surface area (Å²) >= 11 is 3.31. The van der Waals surface area contributed by atoms with Crippen LogP contribution in [-0.2, 0) is 4.79 Å². The number of halogens is 1. The van der Waals surface area contributed by atoms with Crippen LogP contribution in [-0.4, -0.2) is 32.5 Å². The number of carbonyl (C=O) groups excluding carboxylic acids is 2. The lowest BCUT2D eigenvalue weighted by atomic mass is 10.2. The van der Waals surface area contributed by atoms with Gasteiger partial charge in [-0.3, -0.25) is 9.59 Å². The van der Waals surface area contributed by atoms with Crippen LogP contribution in [0.2, 0.25) is 0 Å². The van der Waals surface area contributed by atoms with E-state index in [4.69, 9.17) is 9.47 Å². The molecule has 0 spiro atoms. The Morgan fingerprint density at radius 2 is 2.25 bits per heavy atom. The molecule has 108 valence electrons. The van der Waals surface area contributed by atoms with E-state index in [0.717, 1.165) is 6.29 Å². The van der Waals surface area contributed by atoms with Gasteiger partial charge in [-0.15, -0.1) is 0 Å². The topological polar surface area (TPSA) is 64.6 Å². The van der Waals surface area contributed by atoms with E-state index in [-0.39, 0.29) is 12.5 Å². The quantitative estimate of drug-likeness (QED) is 0.772. The summed E-state index contributed by atoms with van der Waals surface area (Å²) in [5, 5.41) is 2.82. The standard InChI is InChI=1S/C14H16BrNO4/c1-19-12-5-10(7-17)4-11(15)14(12)20-8-13(18)16-6-9-2-3-9/h4-5,7,9H,2-3,6,8H2,1H3,(H,16,18). The first kappa shape index (κ1) is 14.8. The highest BCUT2D eigenvalue weighted by atomic mass is 79.9. The molecule has 5 nitrogen and oxygen atoms in total. The molecule has 0 atom stereocenters. The van der Waals surface area contributed by atoms with Gasteiger partial charge in [0, 0.05) is 12.1 Å². The highest BCUT2D eigenvalue weighted by Gasteiger charge is 2.21. The van der Waals surface area contributed by atoms with Crippen molar-refractivity contribution >= 4 is 28.1 Å². The fraction of sp³-hybridized carbons (Fsp3) is 0.429. The summed E-state index contributed by atoms with van der Waals surface area (Å²) in [6, 6.07) is 3.18. The summed E-state index contributed by atoms with van der Waals surface area (Å²) in [4.78, 5) is 22.4. The van der Waals surface area contributed by atoms with Crippen LogP contribution in [0.3, 0.4) is 0 Å². The molecule has 1 aliphatic carbocycles. The van der Waals surface area contributed by atoms with E-state index in [2.05, 4.69) is 21.2 Å². The highest BCUT2D eigenvalue weighted by Crippen LogP contribution is 2.36. The zero-order chi connectivity index (χ0) is 14.5. The summed E-state index contributed by atoms with van der Waals surface area (Å²) < 4.78 is 11.2. The second kappa shape index (κ2) is 6.74. The van der Waals surface area contributed by atoms with Crippen LogP contribution in [0, 0.1) is 5.92 Å². The molecule has 1 fully saturated rings. The normalized spacial score (nSPS) is 13.7. The number of benzene rings is 1. The number of hydrogen-bond donors (Lipinski definition) is 1. The SMILES string of the molecule is COc1cc(C=O)cc(Br)c1OCC(=O)NCC1CC1. The maximum atomic E-state index is 11.6. The fourth-order valence-corrected chi connectivity index (χ4v) is 2.29. The maximum Gasteiger partial charge on any atom is 0.257 e. The number of ether oxygens (including phenoxy) is 2. The molecule has 6 heteroatoms. The van der Waals surface area contributed by atoms with Crippen molar-refractivity contribution in [2.24, 2.45) is 5.92 Å². The van der Waals surface area contributed by atoms with E-state index in [9.17, 15) is 9.59 Å². The Balaban J connectivity index is 1.96. The molecule has 1 aliphatic rings. The fourth-order valence-electron chi connectivity index (χ4n) is 1.72. The van der Waals surface area contributed by atoms with Gasteiger partial charge < -0.3 is 14.8 Å². The van der Waals surface area contributed by atoms with E-state index < -0.39 is 0 Å². The average molecular weight is 342 g/mol. The summed E-state index contributed by atoms with van der Waals surface area (Å²) in [6.07, 6.45) is 3.10. The van der Waals surface area contributed by atoms with Crippen LogP contribution >= 0.6 is 15.9 Å². The largest absolute Gasteiger partial charge is 0.493 e. The molecule has 1 aromatic carbocycles. The Morgan fingerprint density at radius 1 is 1.50 bits per heavy atom. The monoisotopic (exact) mass is 341 g/mol. The second-order valence-corrected chi connectivity index (χ2v) is 5.54. The number of nitrogens with one attached hydrogen (secondary N) is 1. The van der Waals surface area contributed by atoms with Gasteiger partial charge in [-0.2, -0.15) is 0 Å². The van der Waals surface area contributed by atoms with Gasteiger partial charge in [0.15, 0.2) is 18.1 Å². The predicted octanol–water partition coefficient (Wildman–Crippen LogP) is 2.18. The van der Waals surface area contributed by atoms with Crippen molar-refractivity contribution in [1.29, 1.82) is 0 Å². The zero-order valence-corrected chi connectivity index (χ0v) is 12.7. The van der Waals surface area contributed by atoms with Gasteiger partial charge in [-0.05, 0) is 46.8 Å². The van der Waals surface area contributed by atoms with Crippen LogP contribution < -0.4 is 14.8 Å². The van der Waals surface area contributed by atoms with Gasteiger partial charge in [0.05, 0.1) is 11.6 Å². The molecule has 2 rings (SSSR count). The molecule has 0 heterocycles. The van der Waals surface area contributed by atoms with Gasteiger partial charge in [0.1, 0.15) is 6.29 Å². The lowest BCUT2D eigenvalue weighted by Crippen LogP contribution is -2.30. The molecule has 1 saturated carbocycles. The Kier molecular flexibility index (Phi) is 5.00. The number of hydrogen-bond acceptors (Lipinski definition) is 4. The minimum absolute atomic E-state index is 0.0812. The maximum absolute atomic E-state index is 11.6. The number of aldehydes is 1. The van der Waals surface area contributed by atoms with Gasteiger partial charge in [0.2, 0.25) is 0 Å². The molecule has 0 aromatic heterocycles. The van der Waals surface area contributed by atoms with E-state index in [0.29, 0.717) is 34.0 Å². The van der Waals surface area contributed by atoms with Crippen LogP contribution in [0.1, 0.15) is 23.2 Å². The minimum Gasteiger partial charge on any atom is -0.493 e. The van der Waals surface area contributed by atoms with E-state index in [1.165, 1.54) is 20.0 Å². The number of carbonyl (C=O) groups is 2. The Hall–Kier alpha value is -1.56. The molecule has 0 bridgehead atoms. The third-order valence-electron chi connectivity index (χ3n) is 3.02. The molecular formula is C14H16BrNO4. The van der Waals surface area contributed by atoms with Crippen molar-refractivity contribution in [2.45, 2.75) is 12.8 Å². The van der Waals surface area contributed by atoms with Crippen LogP contribution in [0.25, 0.3) is 0 Å². The Labute approximate surface area is 125 Å². The van der Waals surface area contributed by atoms with Gasteiger partial charge in [-0.25, -0.2) is 0 Å². The summed E-state index contributed by atoms with van der Waals surface area (Å²) in [7, 11) is 1.48. The molecule has 1 N–H and O–H groups in total. The lowest BCUT2D eigenvalue weighted by Gasteiger charge is -2.13. The molecule has 1 amide bonds. The molecule has 20 heavy (non-hydrogen) atoms. The predicted molar refractivity (Wildman–Crippen MR) is 77.3 cm³/mol. The first-order chi connectivity index (χ1) is 9.63. The molecule has 0 saturated heterocycles. The number of methoxy groups -OCH3 is 1. The smallest absolute Gasteiger partial charge is 0.257 e. The Bertz CT molecular complexity index is 514. The summed E-state index contributed by atoms with van der Waals surface area (Å²) in [5.41, 5.74) is 0.472. The Morgan fingerprint density at radius 3 is 2.85 bits per heavy atom. The molecule has 0 aliphatic heterocycles. The number of rotatable bonds is 7. The lowest BCUT2D eigenvalue weighted by molar-refractivity contribution is -0.123. The van der Waals surface area contributed by atoms with E-state index >= 15 is 0 Å². The van der Waals surface area contributed by atoms with Crippen molar-refractivity contribution < 1.29 is 19.1 Å². The highest BCUT2D eigenvalue weighted by molar-refractivity contribution is 9.10. The number of amides is 1. The van der Waals surface area contributed by atoms with Crippen LogP contribution in [0.15, 0.2) is 16.6 Å². The molecule has 0 unspecified atom stereocenters. The minimum atomic E-state index is -0.162. The first-order valence-corrected chi connectivity index (χ1v) is 7.15. The van der Waals surface area contributed by atoms with E-state index in [1.807, 2.05) is 0 Å². The zero-order valence-electron chi connectivity index (χ0n) is 11.1. The molecule has 1 aromatic rings. The van der Waals surface area contributed by atoms with Crippen molar-refractivity contribution in [3.8, 4) is 11.5 Å². The van der Waals surface area contributed by atoms with Gasteiger partial charge in [0.25, 0.3) is 5.91 Å². The van der Waals surface area contributed by atoms with Crippen LogP contribution in [0.4, 0.5) is 0 Å². The first-order valence-electron chi connectivity index (χ1n) is 6.36. The van der Waals surface area contributed by atoms with Crippen LogP contribution in [0.5, 0.6) is 11.5 Å². The molecule has 0 radical (unpaired) electrons. The van der Waals surface area contributed by atoms with Crippen molar-refractivity contribution in [1.82, 2.24) is 5.32 Å². The third kappa shape index (κ3) is 3.96. The van der Waals surface area contributed by atoms with E-state index in [1.54, 1.807) is 12.1 Å². The van der Waals surface area contributed by atoms with Gasteiger partial charge >= 0.3 is 0 Å². The van der Waals surface area contributed by atoms with Crippen molar-refractivity contribution in [2.75, 3.05) is 20.3 Å². The summed E-state index contributed by atoms with van der Waals surface area (Å²) in [5.74, 6) is 1.30. The van der Waals surface area contributed by atoms with Crippen molar-refractivity contribution in [3.05, 3.63) is 22.2 Å². The second-order valence-electron chi connectivity index (χ2n) is 4.69. The average Bonchev–Trinajstić information content (AvgIpc) is 3.27. The molecular weight excluding hydrogens is 326 g/mol. The van der Waals surface area contributed by atoms with Crippen molar-refractivity contribution in [3.63, 3.8) is 0 Å². The summed E-state index contributed by atoms with van der Waals surface area (Å²) in [6.45, 7) is 0.632. The third-order valence-corrected chi connectivity index (χ3v) is 3.61. The van der Waals surface area contributed by atoms with Gasteiger partial charge in [-0.1, -0.05) is 0 Å².